The molecule has 16 heavy (non-hydrogen) atoms. The highest BCUT2D eigenvalue weighted by Crippen LogP contribution is 2.18. The molecule has 1 aromatic rings. The van der Waals surface area contributed by atoms with Gasteiger partial charge in [-0.2, -0.15) is 0 Å². The Morgan fingerprint density at radius 1 is 1.50 bits per heavy atom. The maximum Gasteiger partial charge on any atom is 0.253 e. The average Bonchev–Trinajstić information content (AvgIpc) is 2.83. The van der Waals surface area contributed by atoms with Gasteiger partial charge in [-0.05, 0) is 30.9 Å². The van der Waals surface area contributed by atoms with Gasteiger partial charge in [0.05, 0.1) is 0 Å². The molecule has 0 bridgehead atoms. The molecular weight excluding hydrogens is 202 g/mol. The van der Waals surface area contributed by atoms with E-state index in [1.807, 2.05) is 24.3 Å². The molecule has 1 fully saturated rings. The van der Waals surface area contributed by atoms with Crippen molar-refractivity contribution >= 4 is 11.6 Å². The summed E-state index contributed by atoms with van der Waals surface area (Å²) < 4.78 is 5.35. The molecule has 3 nitrogen and oxygen atoms in total. The monoisotopic (exact) mass is 219 g/mol. The molecule has 1 amide bonds. The number of amides is 1. The summed E-state index contributed by atoms with van der Waals surface area (Å²) in [6, 6.07) is 7.89. The van der Waals surface area contributed by atoms with Crippen LogP contribution in [0.15, 0.2) is 24.3 Å². The van der Waals surface area contributed by atoms with Crippen LogP contribution < -0.4 is 5.32 Å². The summed E-state index contributed by atoms with van der Waals surface area (Å²) >= 11 is 0. The Labute approximate surface area is 95.8 Å². The molecule has 1 aliphatic heterocycles. The third kappa shape index (κ3) is 2.42. The SMILES string of the molecule is CCc1ccccc1NC(=O)C1CCCO1. The van der Waals surface area contributed by atoms with Crippen LogP contribution in [0.4, 0.5) is 5.69 Å². The lowest BCUT2D eigenvalue weighted by molar-refractivity contribution is -0.124. The Balaban J connectivity index is 2.05. The predicted molar refractivity (Wildman–Crippen MR) is 63.4 cm³/mol. The standard InChI is InChI=1S/C13H17NO2/c1-2-10-6-3-4-7-11(10)14-13(15)12-8-5-9-16-12/h3-4,6-7,12H,2,5,8-9H2,1H3,(H,14,15). The van der Waals surface area contributed by atoms with Crippen molar-refractivity contribution in [2.75, 3.05) is 11.9 Å². The molecule has 3 heteroatoms. The zero-order valence-corrected chi connectivity index (χ0v) is 9.53. The van der Waals surface area contributed by atoms with Crippen LogP contribution in [-0.2, 0) is 16.0 Å². The molecule has 1 atom stereocenters. The second-order valence-electron chi connectivity index (χ2n) is 4.00. The van der Waals surface area contributed by atoms with E-state index >= 15 is 0 Å². The highest BCUT2D eigenvalue weighted by Gasteiger charge is 2.23. The number of hydrogen-bond acceptors (Lipinski definition) is 2. The van der Waals surface area contributed by atoms with Crippen molar-refractivity contribution in [2.24, 2.45) is 0 Å². The van der Waals surface area contributed by atoms with Crippen LogP contribution in [0.5, 0.6) is 0 Å². The summed E-state index contributed by atoms with van der Waals surface area (Å²) in [5, 5.41) is 2.94. The summed E-state index contributed by atoms with van der Waals surface area (Å²) in [6.07, 6.45) is 2.47. The molecule has 1 heterocycles. The van der Waals surface area contributed by atoms with Crippen molar-refractivity contribution in [2.45, 2.75) is 32.3 Å². The minimum absolute atomic E-state index is 0.0154. The third-order valence-corrected chi connectivity index (χ3v) is 2.88. The summed E-state index contributed by atoms with van der Waals surface area (Å²) in [4.78, 5) is 11.8. The van der Waals surface area contributed by atoms with Gasteiger partial charge >= 0.3 is 0 Å². The van der Waals surface area contributed by atoms with E-state index in [1.54, 1.807) is 0 Å². The summed E-state index contributed by atoms with van der Waals surface area (Å²) in [7, 11) is 0. The quantitative estimate of drug-likeness (QED) is 0.847. The van der Waals surface area contributed by atoms with Crippen molar-refractivity contribution in [1.82, 2.24) is 0 Å². The number of hydrogen-bond donors (Lipinski definition) is 1. The first-order valence-corrected chi connectivity index (χ1v) is 5.81. The Bertz CT molecular complexity index is 370. The number of carbonyl (C=O) groups is 1. The van der Waals surface area contributed by atoms with Crippen LogP contribution in [0.1, 0.15) is 25.3 Å². The molecule has 1 aromatic carbocycles. The summed E-state index contributed by atoms with van der Waals surface area (Å²) in [5.41, 5.74) is 2.07. The van der Waals surface area contributed by atoms with Crippen molar-refractivity contribution in [3.05, 3.63) is 29.8 Å². The molecule has 0 spiro atoms. The van der Waals surface area contributed by atoms with Crippen molar-refractivity contribution in [3.63, 3.8) is 0 Å². The Morgan fingerprint density at radius 3 is 3.00 bits per heavy atom. The van der Waals surface area contributed by atoms with Crippen LogP contribution in [-0.4, -0.2) is 18.6 Å². The van der Waals surface area contributed by atoms with Gasteiger partial charge in [-0.25, -0.2) is 0 Å². The lowest BCUT2D eigenvalue weighted by atomic mass is 10.1. The Hall–Kier alpha value is -1.35. The van der Waals surface area contributed by atoms with E-state index in [0.29, 0.717) is 6.61 Å². The van der Waals surface area contributed by atoms with Gasteiger partial charge in [-0.3, -0.25) is 4.79 Å². The molecular formula is C13H17NO2. The van der Waals surface area contributed by atoms with Gasteiger partial charge in [0.1, 0.15) is 6.10 Å². The van der Waals surface area contributed by atoms with Gasteiger partial charge in [0.15, 0.2) is 0 Å². The number of ether oxygens (including phenoxy) is 1. The molecule has 1 unspecified atom stereocenters. The summed E-state index contributed by atoms with van der Waals surface area (Å²) in [5.74, 6) is -0.0154. The number of anilines is 1. The molecule has 0 aromatic heterocycles. The molecule has 0 saturated carbocycles. The minimum atomic E-state index is -0.259. The van der Waals surface area contributed by atoms with Crippen LogP contribution in [0.2, 0.25) is 0 Å². The number of rotatable bonds is 3. The van der Waals surface area contributed by atoms with Gasteiger partial charge in [-0.1, -0.05) is 25.1 Å². The molecule has 1 N–H and O–H groups in total. The highest BCUT2D eigenvalue weighted by molar-refractivity contribution is 5.94. The molecule has 1 saturated heterocycles. The number of aryl methyl sites for hydroxylation is 1. The predicted octanol–water partition coefficient (Wildman–Crippen LogP) is 2.37. The van der Waals surface area contributed by atoms with E-state index in [4.69, 9.17) is 4.74 Å². The van der Waals surface area contributed by atoms with Gasteiger partial charge in [0.25, 0.3) is 5.91 Å². The van der Waals surface area contributed by atoms with Crippen molar-refractivity contribution in [1.29, 1.82) is 0 Å². The maximum atomic E-state index is 11.8. The number of para-hydroxylation sites is 1. The van der Waals surface area contributed by atoms with Crippen LogP contribution in [0.25, 0.3) is 0 Å². The first-order chi connectivity index (χ1) is 7.81. The Kier molecular flexibility index (Phi) is 3.57. The highest BCUT2D eigenvalue weighted by atomic mass is 16.5. The Morgan fingerprint density at radius 2 is 2.31 bits per heavy atom. The fourth-order valence-corrected chi connectivity index (χ4v) is 1.95. The van der Waals surface area contributed by atoms with Gasteiger partial charge in [0, 0.05) is 12.3 Å². The van der Waals surface area contributed by atoms with Gasteiger partial charge in [0.2, 0.25) is 0 Å². The lowest BCUT2D eigenvalue weighted by Gasteiger charge is -2.12. The third-order valence-electron chi connectivity index (χ3n) is 2.88. The number of benzene rings is 1. The molecule has 2 rings (SSSR count). The topological polar surface area (TPSA) is 38.3 Å². The second-order valence-corrected chi connectivity index (χ2v) is 4.00. The zero-order chi connectivity index (χ0) is 11.4. The maximum absolute atomic E-state index is 11.8. The number of carbonyl (C=O) groups excluding carboxylic acids is 1. The van der Waals surface area contributed by atoms with Crippen molar-refractivity contribution in [3.8, 4) is 0 Å². The van der Waals surface area contributed by atoms with E-state index in [1.165, 1.54) is 0 Å². The fourth-order valence-electron chi connectivity index (χ4n) is 1.95. The first kappa shape index (κ1) is 11.1. The molecule has 86 valence electrons. The van der Waals surface area contributed by atoms with E-state index in [-0.39, 0.29) is 12.0 Å². The molecule has 1 aliphatic rings. The molecule has 0 aliphatic carbocycles. The first-order valence-electron chi connectivity index (χ1n) is 5.81. The van der Waals surface area contributed by atoms with Crippen molar-refractivity contribution < 1.29 is 9.53 Å². The van der Waals surface area contributed by atoms with Crippen LogP contribution in [0, 0.1) is 0 Å². The van der Waals surface area contributed by atoms with E-state index in [2.05, 4.69) is 12.2 Å². The number of nitrogens with one attached hydrogen (secondary N) is 1. The van der Waals surface area contributed by atoms with Gasteiger partial charge in [-0.15, -0.1) is 0 Å². The fraction of sp³-hybridized carbons (Fsp3) is 0.462. The van der Waals surface area contributed by atoms with E-state index < -0.39 is 0 Å². The normalized spacial score (nSPS) is 19.7. The largest absolute Gasteiger partial charge is 0.368 e. The second kappa shape index (κ2) is 5.12. The zero-order valence-electron chi connectivity index (χ0n) is 9.53. The van der Waals surface area contributed by atoms with Gasteiger partial charge < -0.3 is 10.1 Å². The minimum Gasteiger partial charge on any atom is -0.368 e. The van der Waals surface area contributed by atoms with Crippen LogP contribution in [0.3, 0.4) is 0 Å². The van der Waals surface area contributed by atoms with E-state index in [0.717, 1.165) is 30.5 Å². The van der Waals surface area contributed by atoms with Crippen LogP contribution >= 0.6 is 0 Å². The lowest BCUT2D eigenvalue weighted by Crippen LogP contribution is -2.27. The average molecular weight is 219 g/mol. The smallest absolute Gasteiger partial charge is 0.253 e. The molecule has 0 radical (unpaired) electrons. The summed E-state index contributed by atoms with van der Waals surface area (Å²) in [6.45, 7) is 2.78. The van der Waals surface area contributed by atoms with E-state index in [9.17, 15) is 4.79 Å².